The van der Waals surface area contributed by atoms with Crippen LogP contribution in [0, 0.1) is 6.92 Å². The largest absolute Gasteiger partial charge is 0.301 e. The number of alkyl halides is 1. The minimum atomic E-state index is -0.169. The van der Waals surface area contributed by atoms with E-state index >= 15 is 0 Å². The van der Waals surface area contributed by atoms with E-state index in [9.17, 15) is 4.79 Å². The zero-order valence-electron chi connectivity index (χ0n) is 9.96. The van der Waals surface area contributed by atoms with Gasteiger partial charge in [-0.3, -0.25) is 4.79 Å². The smallest absolute Gasteiger partial charge is 0.239 e. The second-order valence-electron chi connectivity index (χ2n) is 3.95. The zero-order valence-corrected chi connectivity index (χ0v) is 13.9. The molecule has 0 radical (unpaired) electrons. The van der Waals surface area contributed by atoms with Crippen LogP contribution in [0.1, 0.15) is 18.9 Å². The Hall–Kier alpha value is -0.460. The predicted octanol–water partition coefficient (Wildman–Crippen LogP) is 4.48. The van der Waals surface area contributed by atoms with E-state index in [1.54, 1.807) is 0 Å². The minimum absolute atomic E-state index is 0.0488. The molecule has 1 amide bonds. The van der Waals surface area contributed by atoms with Gasteiger partial charge in [-0.05, 0) is 31.0 Å². The van der Waals surface area contributed by atoms with Crippen molar-refractivity contribution in [3.8, 4) is 0 Å². The lowest BCUT2D eigenvalue weighted by atomic mass is 10.2. The normalized spacial score (nSPS) is 12.7. The number of nitrogens with zero attached hydrogens (tertiary/aromatic N) is 1. The van der Waals surface area contributed by atoms with Crippen molar-refractivity contribution in [2.75, 3.05) is 5.32 Å². The number of hydrogen-bond acceptors (Lipinski definition) is 3. The third-order valence-electron chi connectivity index (χ3n) is 2.54. The summed E-state index contributed by atoms with van der Waals surface area (Å²) in [4.78, 5) is 16.0. The van der Waals surface area contributed by atoms with Crippen molar-refractivity contribution in [2.24, 2.45) is 0 Å². The number of anilines is 1. The number of thiazole rings is 1. The zero-order chi connectivity index (χ0) is 13.3. The number of aryl methyl sites for hydroxylation is 1. The van der Waals surface area contributed by atoms with Crippen LogP contribution in [0.5, 0.6) is 0 Å². The molecule has 3 nitrogen and oxygen atoms in total. The van der Waals surface area contributed by atoms with Gasteiger partial charge in [-0.15, -0.1) is 0 Å². The number of aromatic nitrogens is 1. The molecule has 0 aliphatic heterocycles. The molecular formula is C12H12Br2N2OS. The second-order valence-corrected chi connectivity index (χ2v) is 6.94. The number of carbonyl (C=O) groups is 1. The lowest BCUT2D eigenvalue weighted by molar-refractivity contribution is -0.115. The molecule has 2 aromatic rings. The van der Waals surface area contributed by atoms with Gasteiger partial charge in [0.25, 0.3) is 0 Å². The molecule has 18 heavy (non-hydrogen) atoms. The van der Waals surface area contributed by atoms with Crippen LogP contribution in [-0.2, 0) is 4.79 Å². The van der Waals surface area contributed by atoms with Crippen LogP contribution in [-0.4, -0.2) is 15.7 Å². The number of halogens is 2. The topological polar surface area (TPSA) is 42.0 Å². The number of benzene rings is 1. The first-order valence-corrected chi connectivity index (χ1v) is 8.05. The number of hydrogen-bond donors (Lipinski definition) is 1. The molecule has 0 aliphatic carbocycles. The Balaban J connectivity index is 2.28. The second kappa shape index (κ2) is 5.67. The summed E-state index contributed by atoms with van der Waals surface area (Å²) in [6, 6.07) is 4.04. The van der Waals surface area contributed by atoms with E-state index in [0.29, 0.717) is 5.13 Å². The lowest BCUT2D eigenvalue weighted by Gasteiger charge is -2.04. The molecule has 1 atom stereocenters. The number of amides is 1. The van der Waals surface area contributed by atoms with Crippen LogP contribution < -0.4 is 5.32 Å². The third-order valence-corrected chi connectivity index (χ3v) is 5.39. The predicted molar refractivity (Wildman–Crippen MR) is 83.7 cm³/mol. The van der Waals surface area contributed by atoms with Crippen molar-refractivity contribution in [1.82, 2.24) is 4.98 Å². The van der Waals surface area contributed by atoms with Gasteiger partial charge in [-0.25, -0.2) is 4.98 Å². The van der Waals surface area contributed by atoms with E-state index in [0.717, 1.165) is 26.7 Å². The van der Waals surface area contributed by atoms with E-state index in [-0.39, 0.29) is 10.7 Å². The molecule has 6 heteroatoms. The first kappa shape index (κ1) is 14.0. The Bertz CT molecular complexity index is 558. The van der Waals surface area contributed by atoms with Crippen molar-refractivity contribution >= 4 is 64.5 Å². The highest BCUT2D eigenvalue weighted by molar-refractivity contribution is 9.10. The Labute approximate surface area is 126 Å². The molecule has 1 aromatic carbocycles. The molecule has 1 aromatic heterocycles. The monoisotopic (exact) mass is 390 g/mol. The first-order valence-electron chi connectivity index (χ1n) is 5.53. The Morgan fingerprint density at radius 2 is 2.28 bits per heavy atom. The molecule has 0 bridgehead atoms. The molecule has 0 spiro atoms. The maximum absolute atomic E-state index is 11.8. The Morgan fingerprint density at radius 1 is 1.56 bits per heavy atom. The van der Waals surface area contributed by atoms with Crippen molar-refractivity contribution in [3.63, 3.8) is 0 Å². The fourth-order valence-corrected chi connectivity index (χ4v) is 2.87. The van der Waals surface area contributed by atoms with Crippen molar-refractivity contribution in [1.29, 1.82) is 0 Å². The van der Waals surface area contributed by atoms with Crippen LogP contribution in [0.3, 0.4) is 0 Å². The lowest BCUT2D eigenvalue weighted by Crippen LogP contribution is -2.21. The molecule has 0 unspecified atom stereocenters. The van der Waals surface area contributed by atoms with Crippen LogP contribution in [0.25, 0.3) is 10.2 Å². The molecule has 0 aliphatic rings. The maximum Gasteiger partial charge on any atom is 0.239 e. The van der Waals surface area contributed by atoms with Gasteiger partial charge in [-0.1, -0.05) is 50.1 Å². The number of rotatable bonds is 3. The summed E-state index contributed by atoms with van der Waals surface area (Å²) < 4.78 is 2.11. The molecule has 0 fully saturated rings. The summed E-state index contributed by atoms with van der Waals surface area (Å²) in [5.74, 6) is -0.0488. The van der Waals surface area contributed by atoms with Crippen molar-refractivity contribution < 1.29 is 4.79 Å². The number of fused-ring (bicyclic) bond motifs is 1. The molecule has 1 heterocycles. The standard InChI is InChI=1S/C12H12Br2N2OS/c1-3-7(13)11(17)16-12-15-9-5-8(14)6(2)4-10(9)18-12/h4-5,7H,3H2,1-2H3,(H,15,16,17)/t7-/m0/s1. The quantitative estimate of drug-likeness (QED) is 0.783. The average molecular weight is 392 g/mol. The highest BCUT2D eigenvalue weighted by Gasteiger charge is 2.14. The summed E-state index contributed by atoms with van der Waals surface area (Å²) in [6.07, 6.45) is 0.751. The van der Waals surface area contributed by atoms with Crippen LogP contribution in [0.15, 0.2) is 16.6 Å². The molecule has 1 N–H and O–H groups in total. The fraction of sp³-hybridized carbons (Fsp3) is 0.333. The van der Waals surface area contributed by atoms with Crippen LogP contribution in [0.4, 0.5) is 5.13 Å². The molecule has 2 rings (SSSR count). The third kappa shape index (κ3) is 2.92. The maximum atomic E-state index is 11.8. The fourth-order valence-electron chi connectivity index (χ4n) is 1.47. The van der Waals surface area contributed by atoms with E-state index in [1.807, 2.05) is 19.9 Å². The summed E-state index contributed by atoms with van der Waals surface area (Å²) in [5.41, 5.74) is 2.06. The number of nitrogens with one attached hydrogen (secondary N) is 1. The summed E-state index contributed by atoms with van der Waals surface area (Å²) in [7, 11) is 0. The van der Waals surface area contributed by atoms with Crippen LogP contribution >= 0.6 is 43.2 Å². The average Bonchev–Trinajstić information content (AvgIpc) is 2.70. The SMILES string of the molecule is CC[C@H](Br)C(=O)Nc1nc2cc(Br)c(C)cc2s1. The van der Waals surface area contributed by atoms with Gasteiger partial charge in [0.1, 0.15) is 0 Å². The molecule has 0 saturated heterocycles. The van der Waals surface area contributed by atoms with Crippen molar-refractivity contribution in [3.05, 3.63) is 22.2 Å². The highest BCUT2D eigenvalue weighted by atomic mass is 79.9. The molecular weight excluding hydrogens is 380 g/mol. The van der Waals surface area contributed by atoms with Gasteiger partial charge >= 0.3 is 0 Å². The van der Waals surface area contributed by atoms with E-state index in [4.69, 9.17) is 0 Å². The van der Waals surface area contributed by atoms with Gasteiger partial charge in [0.2, 0.25) is 5.91 Å². The molecule has 0 saturated carbocycles. The van der Waals surface area contributed by atoms with E-state index in [2.05, 4.69) is 48.2 Å². The van der Waals surface area contributed by atoms with Gasteiger partial charge < -0.3 is 5.32 Å². The molecule has 96 valence electrons. The minimum Gasteiger partial charge on any atom is -0.301 e. The van der Waals surface area contributed by atoms with E-state index < -0.39 is 0 Å². The van der Waals surface area contributed by atoms with E-state index in [1.165, 1.54) is 11.3 Å². The summed E-state index contributed by atoms with van der Waals surface area (Å²) >= 11 is 8.30. The van der Waals surface area contributed by atoms with Gasteiger partial charge in [-0.2, -0.15) is 0 Å². The first-order chi connectivity index (χ1) is 8.51. The summed E-state index contributed by atoms with van der Waals surface area (Å²) in [5, 5.41) is 3.47. The Morgan fingerprint density at radius 3 is 2.94 bits per heavy atom. The van der Waals surface area contributed by atoms with Gasteiger partial charge in [0, 0.05) is 4.47 Å². The summed E-state index contributed by atoms with van der Waals surface area (Å²) in [6.45, 7) is 3.99. The van der Waals surface area contributed by atoms with Gasteiger partial charge in [0.15, 0.2) is 5.13 Å². The highest BCUT2D eigenvalue weighted by Crippen LogP contribution is 2.30. The van der Waals surface area contributed by atoms with Crippen LogP contribution in [0.2, 0.25) is 0 Å². The van der Waals surface area contributed by atoms with Crippen molar-refractivity contribution in [2.45, 2.75) is 25.1 Å². The Kier molecular flexibility index (Phi) is 4.40. The van der Waals surface area contributed by atoms with Gasteiger partial charge in [0.05, 0.1) is 15.0 Å². The number of carbonyl (C=O) groups excluding carboxylic acids is 1.